The topological polar surface area (TPSA) is 162 Å². The number of nitrogens with zero attached hydrogens (tertiary/aromatic N) is 4. The number of carbonyl (C=O) groups is 3. The van der Waals surface area contributed by atoms with Crippen LogP contribution in [0.15, 0.2) is 65.8 Å². The predicted molar refractivity (Wildman–Crippen MR) is 184 cm³/mol. The van der Waals surface area contributed by atoms with Crippen LogP contribution in [0.4, 0.5) is 14.5 Å². The number of alkyl halides is 2. The van der Waals surface area contributed by atoms with E-state index in [4.69, 9.17) is 27.9 Å². The van der Waals surface area contributed by atoms with Crippen molar-refractivity contribution < 1.29 is 36.3 Å². The molecule has 0 aliphatic carbocycles. The van der Waals surface area contributed by atoms with Gasteiger partial charge in [0.1, 0.15) is 12.1 Å². The fourth-order valence-electron chi connectivity index (χ4n) is 6.32. The number of benzene rings is 2. The van der Waals surface area contributed by atoms with Gasteiger partial charge in [-0.1, -0.05) is 41.4 Å². The van der Waals surface area contributed by atoms with Crippen molar-refractivity contribution in [1.82, 2.24) is 19.5 Å². The molecule has 0 radical (unpaired) electrons. The van der Waals surface area contributed by atoms with E-state index in [0.717, 1.165) is 4.31 Å². The molecule has 2 amide bonds. The first kappa shape index (κ1) is 38.0. The van der Waals surface area contributed by atoms with Crippen LogP contribution in [0, 0.1) is 11.3 Å². The van der Waals surface area contributed by atoms with E-state index in [1.165, 1.54) is 41.6 Å². The number of likely N-dealkylation sites (tertiary alicyclic amines) is 1. The number of halogens is 4. The van der Waals surface area contributed by atoms with E-state index >= 15 is 0 Å². The van der Waals surface area contributed by atoms with E-state index in [9.17, 15) is 36.8 Å². The Kier molecular flexibility index (Phi) is 11.9. The lowest BCUT2D eigenvalue weighted by Gasteiger charge is -2.39. The molecule has 0 saturated carbocycles. The number of esters is 1. The largest absolute Gasteiger partial charge is 0.464 e. The number of rotatable bonds is 11. The monoisotopic (exact) mass is 762 g/mol. The summed E-state index contributed by atoms with van der Waals surface area (Å²) in [5.41, 5.74) is 1.04. The lowest BCUT2D eigenvalue weighted by atomic mass is 9.99. The number of amides is 2. The molecule has 51 heavy (non-hydrogen) atoms. The van der Waals surface area contributed by atoms with Gasteiger partial charge in [-0.05, 0) is 62.2 Å². The average molecular weight is 764 g/mol. The zero-order valence-electron chi connectivity index (χ0n) is 27.3. The number of anilines is 1. The van der Waals surface area contributed by atoms with E-state index in [0.29, 0.717) is 11.3 Å². The number of hydrogen-bond donors (Lipinski definition) is 2. The van der Waals surface area contributed by atoms with Crippen molar-refractivity contribution in [2.24, 2.45) is 0 Å². The number of piperidine rings is 1. The second-order valence-electron chi connectivity index (χ2n) is 12.1. The maximum atomic E-state index is 14.6. The molecular weight excluding hydrogens is 729 g/mol. The normalized spacial score (nSPS) is 19.8. The van der Waals surface area contributed by atoms with Crippen molar-refractivity contribution in [3.63, 3.8) is 0 Å². The molecular formula is C34H34Cl2F2N6O6S. The molecule has 3 aromatic rings. The zero-order valence-corrected chi connectivity index (χ0v) is 29.6. The van der Waals surface area contributed by atoms with Crippen molar-refractivity contribution in [3.8, 4) is 6.07 Å². The van der Waals surface area contributed by atoms with Crippen molar-refractivity contribution >= 4 is 56.7 Å². The van der Waals surface area contributed by atoms with Crippen LogP contribution in [0.3, 0.4) is 0 Å². The molecule has 3 atom stereocenters. The Bertz CT molecular complexity index is 1930. The van der Waals surface area contributed by atoms with Crippen LogP contribution in [0.2, 0.25) is 10.0 Å². The van der Waals surface area contributed by atoms with Crippen molar-refractivity contribution in [1.29, 1.82) is 5.26 Å². The van der Waals surface area contributed by atoms with Crippen molar-refractivity contribution in [2.75, 3.05) is 31.6 Å². The van der Waals surface area contributed by atoms with Crippen molar-refractivity contribution in [3.05, 3.63) is 87.7 Å². The number of nitrogens with one attached hydrogen (secondary N) is 2. The number of aromatic nitrogens is 1. The minimum atomic E-state index is -4.39. The van der Waals surface area contributed by atoms with E-state index in [2.05, 4.69) is 15.6 Å². The Labute approximate surface area is 303 Å². The fourth-order valence-corrected chi connectivity index (χ4v) is 8.54. The summed E-state index contributed by atoms with van der Waals surface area (Å²) in [6.07, 6.45) is 2.39. The predicted octanol–water partition coefficient (Wildman–Crippen LogP) is 4.67. The average Bonchev–Trinajstić information content (AvgIpc) is 3.55. The van der Waals surface area contributed by atoms with E-state index in [1.54, 1.807) is 31.2 Å². The molecule has 1 aromatic heterocycles. The van der Waals surface area contributed by atoms with Crippen LogP contribution in [0.1, 0.15) is 47.7 Å². The first-order valence-electron chi connectivity index (χ1n) is 16.0. The van der Waals surface area contributed by atoms with Gasteiger partial charge in [0.05, 0.1) is 45.3 Å². The molecule has 2 aromatic carbocycles. The molecule has 5 rings (SSSR count). The molecule has 270 valence electrons. The van der Waals surface area contributed by atoms with Gasteiger partial charge in [0.25, 0.3) is 11.8 Å². The van der Waals surface area contributed by atoms with E-state index in [-0.39, 0.29) is 71.4 Å². The van der Waals surface area contributed by atoms with Gasteiger partial charge in [-0.25, -0.2) is 22.0 Å². The summed E-state index contributed by atoms with van der Waals surface area (Å²) in [7, 11) is -4.39. The summed E-state index contributed by atoms with van der Waals surface area (Å²) >= 11 is 12.2. The Morgan fingerprint density at radius 3 is 2.47 bits per heavy atom. The number of ether oxygens (including phenoxy) is 1. The Balaban J connectivity index is 1.40. The van der Waals surface area contributed by atoms with Gasteiger partial charge in [-0.2, -0.15) is 9.57 Å². The third-order valence-electron chi connectivity index (χ3n) is 8.67. The molecule has 2 fully saturated rings. The zero-order chi connectivity index (χ0) is 36.9. The summed E-state index contributed by atoms with van der Waals surface area (Å²) in [4.78, 5) is 45.2. The highest BCUT2D eigenvalue weighted by Crippen LogP contribution is 2.35. The summed E-state index contributed by atoms with van der Waals surface area (Å²) in [6.45, 7) is 0.995. The quantitative estimate of drug-likeness (QED) is 0.265. The van der Waals surface area contributed by atoms with Crippen LogP contribution in [0.25, 0.3) is 0 Å². The van der Waals surface area contributed by atoms with Crippen LogP contribution < -0.4 is 10.6 Å². The second-order valence-corrected chi connectivity index (χ2v) is 14.8. The van der Waals surface area contributed by atoms with Gasteiger partial charge in [-0.3, -0.25) is 19.5 Å². The SMILES string of the molecule is CCOC(=O)[C@H](Cc1ccc(NC(=O)c2c(Cl)cncc2Cl)cc1)NC(=O)[C@@H]1C(N2CCCC(F)(F)C2)CCN1S(=O)(=O)c1cccc(C#N)c1. The highest BCUT2D eigenvalue weighted by molar-refractivity contribution is 7.89. The molecule has 12 nitrogen and oxygen atoms in total. The number of carbonyl (C=O) groups excluding carboxylic acids is 3. The molecule has 2 aliphatic heterocycles. The van der Waals surface area contributed by atoms with Crippen molar-refractivity contribution in [2.45, 2.75) is 61.6 Å². The van der Waals surface area contributed by atoms with E-state index in [1.807, 2.05) is 6.07 Å². The van der Waals surface area contributed by atoms with Gasteiger partial charge in [0.2, 0.25) is 15.9 Å². The standard InChI is InChI=1S/C34H34Cl2F2N6O6S/c1-2-50-33(47)27(16-21-7-9-23(10-8-21)41-31(45)29-25(35)18-40-19-26(29)36)42-32(46)30-28(43-13-4-12-34(37,38)20-43)11-14-44(30)51(48,49)24-6-3-5-22(15-24)17-39/h3,5-10,15,18-19,27-28,30H,2,4,11-14,16,20H2,1H3,(H,41,45)(H,42,46)/t27-,28?,30-/m0/s1. The molecule has 0 bridgehead atoms. The second kappa shape index (κ2) is 16.0. The summed E-state index contributed by atoms with van der Waals surface area (Å²) in [6, 6.07) is 9.86. The highest BCUT2D eigenvalue weighted by Gasteiger charge is 2.51. The molecule has 2 aliphatic rings. The Morgan fingerprint density at radius 2 is 1.82 bits per heavy atom. The minimum Gasteiger partial charge on any atom is -0.464 e. The van der Waals surface area contributed by atoms with E-state index < -0.39 is 58.4 Å². The van der Waals surface area contributed by atoms with Gasteiger partial charge in [0, 0.05) is 43.5 Å². The number of nitriles is 1. The maximum absolute atomic E-state index is 14.6. The maximum Gasteiger partial charge on any atom is 0.328 e. The molecule has 0 spiro atoms. The molecule has 1 unspecified atom stereocenters. The Morgan fingerprint density at radius 1 is 1.12 bits per heavy atom. The smallest absolute Gasteiger partial charge is 0.328 e. The molecule has 2 saturated heterocycles. The summed E-state index contributed by atoms with van der Waals surface area (Å²) in [5.74, 6) is -5.25. The summed E-state index contributed by atoms with van der Waals surface area (Å²) in [5, 5.41) is 14.8. The molecule has 2 N–H and O–H groups in total. The number of sulfonamides is 1. The molecule has 3 heterocycles. The van der Waals surface area contributed by atoms with Crippen LogP contribution in [0.5, 0.6) is 0 Å². The van der Waals surface area contributed by atoms with Gasteiger partial charge >= 0.3 is 5.97 Å². The molecule has 17 heteroatoms. The van der Waals surface area contributed by atoms with Gasteiger partial charge in [-0.15, -0.1) is 0 Å². The fraction of sp³-hybridized carbons (Fsp3) is 0.382. The Hall–Kier alpha value is -4.20. The summed E-state index contributed by atoms with van der Waals surface area (Å²) < 4.78 is 63.2. The number of hydrogen-bond acceptors (Lipinski definition) is 9. The lowest BCUT2D eigenvalue weighted by molar-refractivity contribution is -0.148. The van der Waals surface area contributed by atoms with Crippen LogP contribution >= 0.6 is 23.2 Å². The third-order valence-corrected chi connectivity index (χ3v) is 11.1. The first-order valence-corrected chi connectivity index (χ1v) is 18.2. The van der Waals surface area contributed by atoms with Crippen LogP contribution in [-0.2, 0) is 30.8 Å². The van der Waals surface area contributed by atoms with Gasteiger partial charge < -0.3 is 15.4 Å². The van der Waals surface area contributed by atoms with Gasteiger partial charge in [0.15, 0.2) is 0 Å². The minimum absolute atomic E-state index is 0.0129. The third kappa shape index (κ3) is 8.82. The number of pyridine rings is 1. The van der Waals surface area contributed by atoms with Crippen LogP contribution in [-0.4, -0.2) is 90.7 Å². The lowest BCUT2D eigenvalue weighted by Crippen LogP contribution is -2.59. The first-order chi connectivity index (χ1) is 24.2. The highest BCUT2D eigenvalue weighted by atomic mass is 35.5.